The van der Waals surface area contributed by atoms with Crippen LogP contribution in [0.15, 0.2) is 24.3 Å². The maximum atomic E-state index is 11.5. The normalized spacial score (nSPS) is 11.9. The lowest BCUT2D eigenvalue weighted by Crippen LogP contribution is -2.35. The Morgan fingerprint density at radius 1 is 1.30 bits per heavy atom. The van der Waals surface area contributed by atoms with Crippen molar-refractivity contribution < 1.29 is 19.8 Å². The van der Waals surface area contributed by atoms with E-state index in [0.29, 0.717) is 30.5 Å². The fourth-order valence-corrected chi connectivity index (χ4v) is 1.81. The van der Waals surface area contributed by atoms with E-state index in [2.05, 4.69) is 5.32 Å². The Morgan fingerprint density at radius 3 is 2.65 bits per heavy atom. The van der Waals surface area contributed by atoms with Gasteiger partial charge in [0.1, 0.15) is 6.10 Å². The zero-order valence-electron chi connectivity index (χ0n) is 11.2. The van der Waals surface area contributed by atoms with Crippen LogP contribution >= 0.6 is 0 Å². The summed E-state index contributed by atoms with van der Waals surface area (Å²) in [6.45, 7) is 0.312. The Kier molecular flexibility index (Phi) is 6.69. The van der Waals surface area contributed by atoms with E-state index in [1.807, 2.05) is 0 Å². The molecular formula is C14H20N2O4. The van der Waals surface area contributed by atoms with Crippen molar-refractivity contribution in [2.45, 2.75) is 25.4 Å². The second kappa shape index (κ2) is 8.29. The molecule has 0 aliphatic rings. The molecule has 0 fully saturated rings. The number of primary amides is 1. The number of aryl methyl sites for hydroxylation is 1. The van der Waals surface area contributed by atoms with Gasteiger partial charge in [-0.15, -0.1) is 0 Å². The molecule has 6 heteroatoms. The van der Waals surface area contributed by atoms with Crippen LogP contribution in [0.3, 0.4) is 0 Å². The van der Waals surface area contributed by atoms with Gasteiger partial charge in [0.15, 0.2) is 0 Å². The Hall–Kier alpha value is -1.92. The third-order valence-corrected chi connectivity index (χ3v) is 2.91. The summed E-state index contributed by atoms with van der Waals surface area (Å²) in [7, 11) is 0. The summed E-state index contributed by atoms with van der Waals surface area (Å²) in [6.07, 6.45) is -0.110. The van der Waals surface area contributed by atoms with E-state index in [1.165, 1.54) is 0 Å². The van der Waals surface area contributed by atoms with Gasteiger partial charge in [-0.1, -0.05) is 18.2 Å². The van der Waals surface area contributed by atoms with Crippen LogP contribution < -0.4 is 11.1 Å². The van der Waals surface area contributed by atoms with Gasteiger partial charge in [0.2, 0.25) is 11.8 Å². The van der Waals surface area contributed by atoms with Crippen LogP contribution in [-0.4, -0.2) is 41.3 Å². The number of nitrogens with one attached hydrogen (secondary N) is 1. The molecule has 0 aliphatic carbocycles. The first-order chi connectivity index (χ1) is 9.56. The zero-order chi connectivity index (χ0) is 15.0. The largest absolute Gasteiger partial charge is 0.396 e. The molecule has 2 amide bonds. The average Bonchev–Trinajstić information content (AvgIpc) is 2.45. The molecule has 0 bridgehead atoms. The van der Waals surface area contributed by atoms with Crippen LogP contribution in [0.5, 0.6) is 0 Å². The number of rotatable bonds is 8. The maximum Gasteiger partial charge on any atom is 0.248 e. The molecule has 1 aromatic rings. The van der Waals surface area contributed by atoms with Gasteiger partial charge in [0.25, 0.3) is 0 Å². The topological polar surface area (TPSA) is 113 Å². The van der Waals surface area contributed by atoms with Crippen molar-refractivity contribution in [1.82, 2.24) is 5.32 Å². The van der Waals surface area contributed by atoms with Crippen molar-refractivity contribution in [2.24, 2.45) is 5.73 Å². The third-order valence-electron chi connectivity index (χ3n) is 2.91. The number of aliphatic hydroxyl groups is 2. The monoisotopic (exact) mass is 280 g/mol. The first-order valence-corrected chi connectivity index (χ1v) is 6.50. The number of nitrogens with two attached hydrogens (primary N) is 1. The minimum absolute atomic E-state index is 0.0115. The summed E-state index contributed by atoms with van der Waals surface area (Å²) in [5.74, 6) is -1.00. The van der Waals surface area contributed by atoms with E-state index >= 15 is 0 Å². The number of hydrogen-bond acceptors (Lipinski definition) is 4. The van der Waals surface area contributed by atoms with Gasteiger partial charge >= 0.3 is 0 Å². The van der Waals surface area contributed by atoms with E-state index in [9.17, 15) is 14.7 Å². The fraction of sp³-hybridized carbons (Fsp3) is 0.429. The van der Waals surface area contributed by atoms with Crippen LogP contribution in [0, 0.1) is 0 Å². The lowest BCUT2D eigenvalue weighted by molar-refractivity contribution is -0.129. The van der Waals surface area contributed by atoms with Crippen molar-refractivity contribution in [2.75, 3.05) is 13.2 Å². The summed E-state index contributed by atoms with van der Waals surface area (Å²) < 4.78 is 0. The molecule has 20 heavy (non-hydrogen) atoms. The van der Waals surface area contributed by atoms with Crippen LogP contribution in [0.1, 0.15) is 28.8 Å². The molecule has 0 heterocycles. The molecule has 0 unspecified atom stereocenters. The second-order valence-electron chi connectivity index (χ2n) is 4.44. The molecule has 1 rings (SSSR count). The minimum atomic E-state index is -1.14. The predicted molar refractivity (Wildman–Crippen MR) is 74.0 cm³/mol. The third kappa shape index (κ3) is 4.99. The summed E-state index contributed by atoms with van der Waals surface area (Å²) in [4.78, 5) is 22.8. The molecule has 1 atom stereocenters. The van der Waals surface area contributed by atoms with E-state index in [4.69, 9.17) is 10.8 Å². The molecule has 110 valence electrons. The van der Waals surface area contributed by atoms with Gasteiger partial charge < -0.3 is 21.3 Å². The number of aliphatic hydroxyl groups excluding tert-OH is 2. The number of carbonyl (C=O) groups excluding carboxylic acids is 2. The first-order valence-electron chi connectivity index (χ1n) is 6.50. The van der Waals surface area contributed by atoms with Gasteiger partial charge in [-0.05, 0) is 30.9 Å². The van der Waals surface area contributed by atoms with Crippen LogP contribution in [0.25, 0.3) is 0 Å². The highest BCUT2D eigenvalue weighted by Crippen LogP contribution is 2.11. The maximum absolute atomic E-state index is 11.5. The van der Waals surface area contributed by atoms with Crippen molar-refractivity contribution in [3.63, 3.8) is 0 Å². The lowest BCUT2D eigenvalue weighted by Gasteiger charge is -2.12. The molecule has 0 radical (unpaired) electrons. The summed E-state index contributed by atoms with van der Waals surface area (Å²) in [5.41, 5.74) is 6.37. The fourth-order valence-electron chi connectivity index (χ4n) is 1.81. The van der Waals surface area contributed by atoms with E-state index in [-0.39, 0.29) is 13.0 Å². The van der Waals surface area contributed by atoms with Crippen LogP contribution in [0.4, 0.5) is 0 Å². The summed E-state index contributed by atoms with van der Waals surface area (Å²) >= 11 is 0. The summed E-state index contributed by atoms with van der Waals surface area (Å²) in [6, 6.07) is 6.85. The van der Waals surface area contributed by atoms with Gasteiger partial charge in [-0.3, -0.25) is 9.59 Å². The highest BCUT2D eigenvalue weighted by molar-refractivity contribution is 5.94. The lowest BCUT2D eigenvalue weighted by atomic mass is 10.0. The molecule has 0 saturated carbocycles. The number of hydrogen-bond donors (Lipinski definition) is 4. The average molecular weight is 280 g/mol. The van der Waals surface area contributed by atoms with Gasteiger partial charge in [0, 0.05) is 18.7 Å². The molecular weight excluding hydrogens is 260 g/mol. The highest BCUT2D eigenvalue weighted by atomic mass is 16.3. The van der Waals surface area contributed by atoms with Gasteiger partial charge in [-0.2, -0.15) is 0 Å². The predicted octanol–water partition coefficient (Wildman–Crippen LogP) is -0.422. The molecule has 0 spiro atoms. The van der Waals surface area contributed by atoms with Crippen molar-refractivity contribution in [3.8, 4) is 0 Å². The van der Waals surface area contributed by atoms with Crippen LogP contribution in [-0.2, 0) is 11.2 Å². The number of carbonyl (C=O) groups is 2. The van der Waals surface area contributed by atoms with Crippen molar-refractivity contribution in [3.05, 3.63) is 35.4 Å². The molecule has 0 aromatic heterocycles. The standard InChI is InChI=1S/C14H20N2O4/c15-13(19)11-5-2-1-4-10(11)6-7-12(18)14(20)16-8-3-9-17/h1-2,4-5,12,17-18H,3,6-9H2,(H2,15,19)(H,16,20)/t12-/m0/s1. The Bertz CT molecular complexity index is 462. The van der Waals surface area contributed by atoms with Crippen molar-refractivity contribution in [1.29, 1.82) is 0 Å². The molecule has 0 saturated heterocycles. The second-order valence-corrected chi connectivity index (χ2v) is 4.44. The minimum Gasteiger partial charge on any atom is -0.396 e. The Balaban J connectivity index is 2.50. The van der Waals surface area contributed by atoms with Gasteiger partial charge in [-0.25, -0.2) is 0 Å². The highest BCUT2D eigenvalue weighted by Gasteiger charge is 2.15. The van der Waals surface area contributed by atoms with E-state index in [0.717, 1.165) is 0 Å². The smallest absolute Gasteiger partial charge is 0.248 e. The van der Waals surface area contributed by atoms with Gasteiger partial charge in [0.05, 0.1) is 0 Å². The summed E-state index contributed by atoms with van der Waals surface area (Å²) in [5, 5.41) is 20.8. The van der Waals surface area contributed by atoms with Crippen molar-refractivity contribution >= 4 is 11.8 Å². The zero-order valence-corrected chi connectivity index (χ0v) is 11.2. The molecule has 5 N–H and O–H groups in total. The SMILES string of the molecule is NC(=O)c1ccccc1CC[C@H](O)C(=O)NCCCO. The number of benzene rings is 1. The first kappa shape index (κ1) is 16.1. The van der Waals surface area contributed by atoms with E-state index < -0.39 is 17.9 Å². The molecule has 6 nitrogen and oxygen atoms in total. The van der Waals surface area contributed by atoms with E-state index in [1.54, 1.807) is 24.3 Å². The quantitative estimate of drug-likeness (QED) is 0.484. The Labute approximate surface area is 117 Å². The Morgan fingerprint density at radius 2 is 2.00 bits per heavy atom. The molecule has 1 aromatic carbocycles. The van der Waals surface area contributed by atoms with Crippen LogP contribution in [0.2, 0.25) is 0 Å². The number of amides is 2. The molecule has 0 aliphatic heterocycles.